The molecule has 0 radical (unpaired) electrons. The Hall–Kier alpha value is -2.11. The number of aromatic nitrogens is 1. The molecule has 1 N–H and O–H groups in total. The summed E-state index contributed by atoms with van der Waals surface area (Å²) in [6.07, 6.45) is 4.11. The Morgan fingerprint density at radius 2 is 1.84 bits per heavy atom. The first-order valence-electron chi connectivity index (χ1n) is 8.97. The van der Waals surface area contributed by atoms with Crippen molar-refractivity contribution in [3.05, 3.63) is 22.5 Å². The number of aryl methyl sites for hydroxylation is 1. The first-order chi connectivity index (χ1) is 11.8. The number of rotatable bonds is 7. The van der Waals surface area contributed by atoms with Crippen LogP contribution in [0, 0.1) is 25.7 Å². The Kier molecular flexibility index (Phi) is 4.71. The summed E-state index contributed by atoms with van der Waals surface area (Å²) in [6, 6.07) is -0.521. The van der Waals surface area contributed by atoms with Crippen molar-refractivity contribution >= 4 is 17.7 Å². The summed E-state index contributed by atoms with van der Waals surface area (Å²) >= 11 is 0. The van der Waals surface area contributed by atoms with Gasteiger partial charge < -0.3 is 14.6 Å². The average Bonchev–Trinajstić information content (AvgIpc) is 3.49. The number of carbonyl (C=O) groups is 3. The van der Waals surface area contributed by atoms with Crippen molar-refractivity contribution in [2.75, 3.05) is 13.7 Å². The van der Waals surface area contributed by atoms with Gasteiger partial charge in [0.05, 0.1) is 13.2 Å². The van der Waals surface area contributed by atoms with E-state index in [9.17, 15) is 14.4 Å². The zero-order valence-corrected chi connectivity index (χ0v) is 15.3. The second-order valence-corrected chi connectivity index (χ2v) is 7.37. The fourth-order valence-corrected chi connectivity index (χ4v) is 3.36. The number of methoxy groups -OCH3 is 1. The molecular formula is C19H26N2O4. The molecule has 6 heteroatoms. The topological polar surface area (TPSA) is 79.5 Å². The molecule has 1 atom stereocenters. The predicted octanol–water partition coefficient (Wildman–Crippen LogP) is 2.64. The lowest BCUT2D eigenvalue weighted by molar-refractivity contribution is -0.134. The number of amides is 1. The van der Waals surface area contributed by atoms with Gasteiger partial charge in [-0.1, -0.05) is 0 Å². The van der Waals surface area contributed by atoms with Crippen LogP contribution in [0.3, 0.4) is 0 Å². The van der Waals surface area contributed by atoms with E-state index in [2.05, 4.69) is 4.98 Å². The Morgan fingerprint density at radius 3 is 2.36 bits per heavy atom. The zero-order valence-electron chi connectivity index (χ0n) is 15.3. The molecular weight excluding hydrogens is 320 g/mol. The summed E-state index contributed by atoms with van der Waals surface area (Å²) in [5, 5.41) is 0. The summed E-state index contributed by atoms with van der Waals surface area (Å²) in [6.45, 7) is 5.97. The summed E-state index contributed by atoms with van der Waals surface area (Å²) < 4.78 is 4.77. The minimum Gasteiger partial charge on any atom is -0.464 e. The lowest BCUT2D eigenvalue weighted by atomic mass is 9.99. The second kappa shape index (κ2) is 6.65. The minimum absolute atomic E-state index is 0.0908. The number of nitrogens with zero attached hydrogens (tertiary/aromatic N) is 1. The molecule has 1 heterocycles. The highest BCUT2D eigenvalue weighted by atomic mass is 16.5. The van der Waals surface area contributed by atoms with Crippen molar-refractivity contribution in [2.24, 2.45) is 11.8 Å². The number of ether oxygens (including phenoxy) is 1. The first kappa shape index (κ1) is 17.7. The number of nitrogens with one attached hydrogen (secondary N) is 1. The highest BCUT2D eigenvalue weighted by Crippen LogP contribution is 2.36. The molecule has 2 aliphatic rings. The van der Waals surface area contributed by atoms with E-state index < -0.39 is 12.0 Å². The molecule has 0 aromatic carbocycles. The highest BCUT2D eigenvalue weighted by molar-refractivity contribution is 6.06. The van der Waals surface area contributed by atoms with Crippen LogP contribution in [0.2, 0.25) is 0 Å². The number of Topliss-reactive ketones (excluding diaryl/α,β-unsaturated/α-hetero) is 1. The number of aromatic amines is 1. The number of esters is 1. The van der Waals surface area contributed by atoms with Crippen LogP contribution in [-0.2, 0) is 9.53 Å². The largest absolute Gasteiger partial charge is 0.464 e. The molecule has 0 bridgehead atoms. The summed E-state index contributed by atoms with van der Waals surface area (Å²) in [5.41, 5.74) is 2.03. The Balaban J connectivity index is 1.86. The Bertz CT molecular complexity index is 713. The van der Waals surface area contributed by atoms with Gasteiger partial charge in [0.2, 0.25) is 5.91 Å². The third-order valence-corrected chi connectivity index (χ3v) is 5.28. The van der Waals surface area contributed by atoms with E-state index >= 15 is 0 Å². The van der Waals surface area contributed by atoms with Crippen LogP contribution < -0.4 is 0 Å². The fourth-order valence-electron chi connectivity index (χ4n) is 3.36. The third kappa shape index (κ3) is 3.48. The van der Waals surface area contributed by atoms with Crippen LogP contribution in [0.5, 0.6) is 0 Å². The molecule has 3 rings (SSSR count). The molecule has 1 aromatic rings. The van der Waals surface area contributed by atoms with Gasteiger partial charge in [0.1, 0.15) is 5.69 Å². The molecule has 0 saturated heterocycles. The molecule has 0 spiro atoms. The number of ketones is 1. The van der Waals surface area contributed by atoms with E-state index in [0.29, 0.717) is 35.0 Å². The standard InChI is InChI=1S/C19H26N2O4/c1-10-15(11(2)20-16(10)19(24)25-4)17(22)12(3)21(9-13-5-6-13)18(23)14-7-8-14/h12-14,20H,5-9H2,1-4H3/t12-/m0/s1. The second-order valence-electron chi connectivity index (χ2n) is 7.37. The van der Waals surface area contributed by atoms with Gasteiger partial charge in [0, 0.05) is 23.7 Å². The molecule has 136 valence electrons. The average molecular weight is 346 g/mol. The van der Waals surface area contributed by atoms with E-state index in [1.165, 1.54) is 7.11 Å². The maximum atomic E-state index is 13.1. The number of carbonyl (C=O) groups excluding carboxylic acids is 3. The number of hydrogen-bond acceptors (Lipinski definition) is 4. The van der Waals surface area contributed by atoms with Crippen LogP contribution in [0.1, 0.15) is 64.7 Å². The van der Waals surface area contributed by atoms with Crippen LogP contribution in [0.4, 0.5) is 0 Å². The van der Waals surface area contributed by atoms with Crippen molar-refractivity contribution in [1.82, 2.24) is 9.88 Å². The maximum absolute atomic E-state index is 13.1. The van der Waals surface area contributed by atoms with Crippen LogP contribution >= 0.6 is 0 Å². The lowest BCUT2D eigenvalue weighted by Crippen LogP contribution is -2.45. The van der Waals surface area contributed by atoms with Gasteiger partial charge in [0.15, 0.2) is 5.78 Å². The molecule has 2 fully saturated rings. The fraction of sp³-hybridized carbons (Fsp3) is 0.632. The molecule has 25 heavy (non-hydrogen) atoms. The Labute approximate surface area is 147 Å². The van der Waals surface area contributed by atoms with Gasteiger partial charge >= 0.3 is 5.97 Å². The number of hydrogen-bond donors (Lipinski definition) is 1. The van der Waals surface area contributed by atoms with Gasteiger partial charge in [-0.2, -0.15) is 0 Å². The molecule has 2 aliphatic carbocycles. The predicted molar refractivity (Wildman–Crippen MR) is 92.6 cm³/mol. The Morgan fingerprint density at radius 1 is 1.20 bits per heavy atom. The van der Waals surface area contributed by atoms with Crippen LogP contribution in [0.15, 0.2) is 0 Å². The van der Waals surface area contributed by atoms with Crippen molar-refractivity contribution in [3.63, 3.8) is 0 Å². The molecule has 0 unspecified atom stereocenters. The summed E-state index contributed by atoms with van der Waals surface area (Å²) in [4.78, 5) is 42.4. The summed E-state index contributed by atoms with van der Waals surface area (Å²) in [7, 11) is 1.31. The molecule has 1 aromatic heterocycles. The number of H-pyrrole nitrogens is 1. The van der Waals surface area contributed by atoms with Crippen LogP contribution in [-0.4, -0.2) is 47.2 Å². The van der Waals surface area contributed by atoms with Crippen molar-refractivity contribution in [3.8, 4) is 0 Å². The van der Waals surface area contributed by atoms with E-state index in [4.69, 9.17) is 4.74 Å². The monoisotopic (exact) mass is 346 g/mol. The minimum atomic E-state index is -0.521. The van der Waals surface area contributed by atoms with Gasteiger partial charge in [-0.25, -0.2) is 4.79 Å². The highest BCUT2D eigenvalue weighted by Gasteiger charge is 2.40. The van der Waals surface area contributed by atoms with Gasteiger partial charge in [-0.15, -0.1) is 0 Å². The van der Waals surface area contributed by atoms with Gasteiger partial charge in [-0.3, -0.25) is 9.59 Å². The van der Waals surface area contributed by atoms with Crippen molar-refractivity contribution < 1.29 is 19.1 Å². The first-order valence-corrected chi connectivity index (χ1v) is 8.97. The van der Waals surface area contributed by atoms with Gasteiger partial charge in [0.25, 0.3) is 0 Å². The van der Waals surface area contributed by atoms with Crippen molar-refractivity contribution in [2.45, 2.75) is 52.5 Å². The third-order valence-electron chi connectivity index (χ3n) is 5.28. The molecule has 2 saturated carbocycles. The normalized spacial score (nSPS) is 17.9. The van der Waals surface area contributed by atoms with E-state index in [-0.39, 0.29) is 17.6 Å². The molecule has 6 nitrogen and oxygen atoms in total. The van der Waals surface area contributed by atoms with E-state index in [1.54, 1.807) is 25.7 Å². The van der Waals surface area contributed by atoms with Gasteiger partial charge in [-0.05, 0) is 57.9 Å². The quantitative estimate of drug-likeness (QED) is 0.608. The lowest BCUT2D eigenvalue weighted by Gasteiger charge is -2.29. The smallest absolute Gasteiger partial charge is 0.354 e. The molecule has 0 aliphatic heterocycles. The van der Waals surface area contributed by atoms with E-state index in [0.717, 1.165) is 25.7 Å². The van der Waals surface area contributed by atoms with Crippen LogP contribution in [0.25, 0.3) is 0 Å². The van der Waals surface area contributed by atoms with E-state index in [1.807, 2.05) is 0 Å². The zero-order chi connectivity index (χ0) is 18.3. The van der Waals surface area contributed by atoms with Crippen molar-refractivity contribution in [1.29, 1.82) is 0 Å². The molecule has 1 amide bonds. The maximum Gasteiger partial charge on any atom is 0.354 e. The SMILES string of the molecule is COC(=O)c1[nH]c(C)c(C(=O)[C@H](C)N(CC2CC2)C(=O)C2CC2)c1C. The summed E-state index contributed by atoms with van der Waals surface area (Å²) in [5.74, 6) is 0.115.